The minimum Gasteiger partial charge on any atom is -0.497 e. The van der Waals surface area contributed by atoms with Crippen molar-refractivity contribution in [2.75, 3.05) is 7.11 Å². The van der Waals surface area contributed by atoms with E-state index in [9.17, 15) is 0 Å². The highest BCUT2D eigenvalue weighted by molar-refractivity contribution is 9.10. The summed E-state index contributed by atoms with van der Waals surface area (Å²) in [7, 11) is 1.63. The van der Waals surface area contributed by atoms with Gasteiger partial charge < -0.3 is 10.5 Å². The third-order valence-electron chi connectivity index (χ3n) is 1.82. The summed E-state index contributed by atoms with van der Waals surface area (Å²) >= 11 is 3.42. The fourth-order valence-electron chi connectivity index (χ4n) is 1.03. The first-order valence-corrected chi connectivity index (χ1v) is 4.70. The number of methoxy groups -OCH3 is 1. The van der Waals surface area contributed by atoms with Gasteiger partial charge in [-0.15, -0.1) is 6.58 Å². The standard InChI is InChI=1S/C10H12BrNO/c1-3-10(12)8-6-7(13-2)4-5-9(8)11/h3-6,10H,1,12H2,2H3. The molecule has 0 bridgehead atoms. The van der Waals surface area contributed by atoms with Crippen LogP contribution in [0, 0.1) is 0 Å². The van der Waals surface area contributed by atoms with Crippen LogP contribution >= 0.6 is 15.9 Å². The second kappa shape index (κ2) is 4.44. The lowest BCUT2D eigenvalue weighted by Gasteiger charge is -2.10. The molecule has 0 amide bonds. The average Bonchev–Trinajstić information content (AvgIpc) is 2.17. The minimum absolute atomic E-state index is 0.163. The molecule has 2 nitrogen and oxygen atoms in total. The Morgan fingerprint density at radius 2 is 2.31 bits per heavy atom. The molecule has 13 heavy (non-hydrogen) atoms. The molecule has 3 heteroatoms. The molecule has 1 rings (SSSR count). The number of halogens is 1. The van der Waals surface area contributed by atoms with Crippen molar-refractivity contribution in [1.29, 1.82) is 0 Å². The van der Waals surface area contributed by atoms with Gasteiger partial charge in [0.1, 0.15) is 5.75 Å². The number of rotatable bonds is 3. The van der Waals surface area contributed by atoms with E-state index < -0.39 is 0 Å². The van der Waals surface area contributed by atoms with Crippen LogP contribution in [-0.4, -0.2) is 7.11 Å². The maximum Gasteiger partial charge on any atom is 0.119 e. The van der Waals surface area contributed by atoms with Crippen LogP contribution in [0.5, 0.6) is 5.75 Å². The van der Waals surface area contributed by atoms with E-state index in [-0.39, 0.29) is 6.04 Å². The molecule has 0 spiro atoms. The highest BCUT2D eigenvalue weighted by Crippen LogP contribution is 2.26. The topological polar surface area (TPSA) is 35.2 Å². The van der Waals surface area contributed by atoms with E-state index in [1.54, 1.807) is 13.2 Å². The molecule has 1 aromatic rings. The molecule has 0 aliphatic rings. The molecule has 1 aromatic carbocycles. The van der Waals surface area contributed by atoms with Gasteiger partial charge in [-0.25, -0.2) is 0 Å². The van der Waals surface area contributed by atoms with Crippen molar-refractivity contribution < 1.29 is 4.74 Å². The first-order chi connectivity index (χ1) is 6.19. The van der Waals surface area contributed by atoms with E-state index in [4.69, 9.17) is 10.5 Å². The van der Waals surface area contributed by atoms with Crippen molar-refractivity contribution in [2.45, 2.75) is 6.04 Å². The van der Waals surface area contributed by atoms with Crippen LogP contribution in [0.1, 0.15) is 11.6 Å². The van der Waals surface area contributed by atoms with Crippen molar-refractivity contribution >= 4 is 15.9 Å². The predicted molar refractivity (Wildman–Crippen MR) is 57.8 cm³/mol. The third kappa shape index (κ3) is 2.32. The van der Waals surface area contributed by atoms with Gasteiger partial charge in [-0.2, -0.15) is 0 Å². The van der Waals surface area contributed by atoms with Crippen LogP contribution in [0.4, 0.5) is 0 Å². The van der Waals surface area contributed by atoms with Crippen LogP contribution in [0.25, 0.3) is 0 Å². The van der Waals surface area contributed by atoms with Crippen LogP contribution in [-0.2, 0) is 0 Å². The van der Waals surface area contributed by atoms with Crippen LogP contribution < -0.4 is 10.5 Å². The number of hydrogen-bond donors (Lipinski definition) is 1. The van der Waals surface area contributed by atoms with Crippen molar-refractivity contribution in [3.05, 3.63) is 40.9 Å². The predicted octanol–water partition coefficient (Wildman–Crippen LogP) is 2.64. The van der Waals surface area contributed by atoms with Gasteiger partial charge in [0.15, 0.2) is 0 Å². The monoisotopic (exact) mass is 241 g/mol. The zero-order valence-electron chi connectivity index (χ0n) is 7.46. The maximum absolute atomic E-state index is 5.82. The van der Waals surface area contributed by atoms with Gasteiger partial charge in [0.2, 0.25) is 0 Å². The summed E-state index contributed by atoms with van der Waals surface area (Å²) in [6.07, 6.45) is 1.69. The van der Waals surface area contributed by atoms with Gasteiger partial charge in [-0.3, -0.25) is 0 Å². The van der Waals surface area contributed by atoms with Crippen molar-refractivity contribution in [3.63, 3.8) is 0 Å². The Bertz CT molecular complexity index is 312. The second-order valence-corrected chi connectivity index (χ2v) is 3.50. The van der Waals surface area contributed by atoms with Gasteiger partial charge in [0.25, 0.3) is 0 Å². The van der Waals surface area contributed by atoms with E-state index in [1.807, 2.05) is 18.2 Å². The zero-order valence-corrected chi connectivity index (χ0v) is 9.04. The summed E-state index contributed by atoms with van der Waals surface area (Å²) in [5, 5.41) is 0. The molecule has 0 radical (unpaired) electrons. The molecule has 0 saturated heterocycles. The summed E-state index contributed by atoms with van der Waals surface area (Å²) < 4.78 is 6.07. The Kier molecular flexibility index (Phi) is 3.51. The number of ether oxygens (including phenoxy) is 1. The molecule has 0 fully saturated rings. The molecular weight excluding hydrogens is 230 g/mol. The van der Waals surface area contributed by atoms with Gasteiger partial charge in [0.05, 0.1) is 7.11 Å². The summed E-state index contributed by atoms with van der Waals surface area (Å²) in [6.45, 7) is 3.65. The van der Waals surface area contributed by atoms with Crippen LogP contribution in [0.3, 0.4) is 0 Å². The molecule has 1 unspecified atom stereocenters. The number of hydrogen-bond acceptors (Lipinski definition) is 2. The largest absolute Gasteiger partial charge is 0.497 e. The van der Waals surface area contributed by atoms with Crippen molar-refractivity contribution in [2.24, 2.45) is 5.73 Å². The molecular formula is C10H12BrNO. The van der Waals surface area contributed by atoms with Gasteiger partial charge in [-0.1, -0.05) is 22.0 Å². The van der Waals surface area contributed by atoms with Crippen LogP contribution in [0.2, 0.25) is 0 Å². The summed E-state index contributed by atoms with van der Waals surface area (Å²) in [6, 6.07) is 5.53. The highest BCUT2D eigenvalue weighted by Gasteiger charge is 2.07. The van der Waals surface area contributed by atoms with Crippen molar-refractivity contribution in [1.82, 2.24) is 0 Å². The quantitative estimate of drug-likeness (QED) is 0.827. The minimum atomic E-state index is -0.163. The first kappa shape index (κ1) is 10.3. The van der Waals surface area contributed by atoms with E-state index in [0.717, 1.165) is 15.8 Å². The molecule has 2 N–H and O–H groups in total. The molecule has 0 aliphatic heterocycles. The molecule has 70 valence electrons. The Morgan fingerprint density at radius 3 is 2.85 bits per heavy atom. The van der Waals surface area contributed by atoms with E-state index >= 15 is 0 Å². The fraction of sp³-hybridized carbons (Fsp3) is 0.200. The van der Waals surface area contributed by atoms with Gasteiger partial charge >= 0.3 is 0 Å². The Labute approximate surface area is 86.5 Å². The maximum atomic E-state index is 5.82. The Hall–Kier alpha value is -0.800. The molecule has 0 aliphatic carbocycles. The average molecular weight is 242 g/mol. The van der Waals surface area contributed by atoms with Crippen LogP contribution in [0.15, 0.2) is 35.3 Å². The Balaban J connectivity index is 3.10. The lowest BCUT2D eigenvalue weighted by atomic mass is 10.1. The number of nitrogens with two attached hydrogens (primary N) is 1. The smallest absolute Gasteiger partial charge is 0.119 e. The lowest BCUT2D eigenvalue weighted by molar-refractivity contribution is 0.414. The molecule has 0 aromatic heterocycles. The van der Waals surface area contributed by atoms with E-state index in [2.05, 4.69) is 22.5 Å². The fourth-order valence-corrected chi connectivity index (χ4v) is 1.54. The molecule has 0 saturated carbocycles. The third-order valence-corrected chi connectivity index (χ3v) is 2.54. The summed E-state index contributed by atoms with van der Waals surface area (Å²) in [4.78, 5) is 0. The SMILES string of the molecule is C=CC(N)c1cc(OC)ccc1Br. The van der Waals surface area contributed by atoms with Crippen molar-refractivity contribution in [3.8, 4) is 5.75 Å². The van der Waals surface area contributed by atoms with Gasteiger partial charge in [-0.05, 0) is 23.8 Å². The molecule has 0 heterocycles. The normalized spacial score (nSPS) is 12.2. The van der Waals surface area contributed by atoms with E-state index in [0.29, 0.717) is 0 Å². The van der Waals surface area contributed by atoms with Gasteiger partial charge in [0, 0.05) is 10.5 Å². The first-order valence-electron chi connectivity index (χ1n) is 3.90. The lowest BCUT2D eigenvalue weighted by Crippen LogP contribution is -2.07. The second-order valence-electron chi connectivity index (χ2n) is 2.65. The highest BCUT2D eigenvalue weighted by atomic mass is 79.9. The summed E-state index contributed by atoms with van der Waals surface area (Å²) in [5.41, 5.74) is 6.80. The Morgan fingerprint density at radius 1 is 1.62 bits per heavy atom. The number of benzene rings is 1. The molecule has 1 atom stereocenters. The summed E-state index contributed by atoms with van der Waals surface area (Å²) in [5.74, 6) is 0.801. The zero-order chi connectivity index (χ0) is 9.84. The van der Waals surface area contributed by atoms with E-state index in [1.165, 1.54) is 0 Å².